The van der Waals surface area contributed by atoms with Crippen LogP contribution < -0.4 is 29.4 Å². The highest BCUT2D eigenvalue weighted by molar-refractivity contribution is 7.43. The van der Waals surface area contributed by atoms with Crippen molar-refractivity contribution in [3.8, 4) is 0 Å². The van der Waals surface area contributed by atoms with Crippen LogP contribution in [0.3, 0.4) is 0 Å². The van der Waals surface area contributed by atoms with Crippen LogP contribution in [0.5, 0.6) is 0 Å². The zero-order valence-corrected chi connectivity index (χ0v) is 13.7. The molecular weight excluding hydrogens is 405 g/mol. The van der Waals surface area contributed by atoms with Crippen molar-refractivity contribution in [3.63, 3.8) is 0 Å². The van der Waals surface area contributed by atoms with E-state index in [0.29, 0.717) is 0 Å². The molecule has 0 unspecified atom stereocenters. The van der Waals surface area contributed by atoms with Gasteiger partial charge in [-0.05, 0) is 0 Å². The molecule has 6 atom stereocenters. The fourth-order valence-corrected chi connectivity index (χ4v) is 3.62. The Bertz CT molecular complexity index is 574. The molecule has 1 aliphatic rings. The number of aliphatic hydroxyl groups is 3. The van der Waals surface area contributed by atoms with Crippen molar-refractivity contribution >= 4 is 23.5 Å². The normalized spacial score (nSPS) is 35.9. The first-order valence-corrected chi connectivity index (χ1v) is 10.1. The van der Waals surface area contributed by atoms with Crippen LogP contribution in [-0.4, -0.2) is 51.9 Å². The molecule has 1 fully saturated rings. The van der Waals surface area contributed by atoms with Gasteiger partial charge in [0.2, 0.25) is 0 Å². The van der Waals surface area contributed by atoms with Crippen LogP contribution in [-0.2, 0) is 27.3 Å². The lowest BCUT2D eigenvalue weighted by Gasteiger charge is -2.51. The van der Waals surface area contributed by atoms with Gasteiger partial charge in [0, 0.05) is 0 Å². The molecule has 1 aliphatic carbocycles. The Labute approximate surface area is 133 Å². The zero-order chi connectivity index (χ0) is 19.1. The first-order valence-electron chi connectivity index (χ1n) is 5.67. The third-order valence-electron chi connectivity index (χ3n) is 2.77. The van der Waals surface area contributed by atoms with Gasteiger partial charge in [-0.1, -0.05) is 0 Å². The second-order valence-electron chi connectivity index (χ2n) is 4.52. The molecular formula is C6H9O15P3-6. The zero-order valence-electron chi connectivity index (χ0n) is 11.0. The minimum atomic E-state index is -6.01. The molecule has 0 aromatic heterocycles. The molecule has 0 saturated heterocycles. The van der Waals surface area contributed by atoms with Crippen molar-refractivity contribution in [3.05, 3.63) is 0 Å². The van der Waals surface area contributed by atoms with E-state index in [2.05, 4.69) is 13.6 Å². The van der Waals surface area contributed by atoms with Gasteiger partial charge in [-0.25, -0.2) is 0 Å². The summed E-state index contributed by atoms with van der Waals surface area (Å²) in [5, 5.41) is 28.9. The number of hydrogen-bond donors (Lipinski definition) is 3. The highest BCUT2D eigenvalue weighted by Gasteiger charge is 2.52. The van der Waals surface area contributed by atoms with Crippen molar-refractivity contribution in [2.75, 3.05) is 0 Å². The van der Waals surface area contributed by atoms with Crippen molar-refractivity contribution in [2.24, 2.45) is 0 Å². The van der Waals surface area contributed by atoms with E-state index in [9.17, 15) is 58.4 Å². The summed E-state index contributed by atoms with van der Waals surface area (Å²) in [6.45, 7) is 0. The quantitative estimate of drug-likeness (QED) is 0.340. The maximum Gasteiger partial charge on any atom is 0.120 e. The standard InChI is InChI=1S/C6H15O15P3/c7-1-2(8)5(20-23(13,14)15)6(21-24(16,17)18)3(9)4(1)19-22(10,11)12/h1-9H,(H2,10,11,12)(H2,13,14,15)(H2,16,17,18)/p-6/t1-,2-,3-,4-,5+,6+/m1/s1. The summed E-state index contributed by atoms with van der Waals surface area (Å²) < 4.78 is 43.0. The fourth-order valence-electron chi connectivity index (χ4n) is 1.98. The Hall–Kier alpha value is 0.210. The Kier molecular flexibility index (Phi) is 6.90. The van der Waals surface area contributed by atoms with Crippen LogP contribution in [0.15, 0.2) is 0 Å². The molecule has 0 bridgehead atoms. The van der Waals surface area contributed by atoms with Crippen molar-refractivity contribution in [1.29, 1.82) is 0 Å². The third kappa shape index (κ3) is 6.50. The van der Waals surface area contributed by atoms with Crippen LogP contribution in [0.2, 0.25) is 0 Å². The molecule has 15 nitrogen and oxygen atoms in total. The molecule has 0 aromatic carbocycles. The molecule has 0 heterocycles. The predicted molar refractivity (Wildman–Crippen MR) is 55.5 cm³/mol. The molecule has 0 aliphatic heterocycles. The van der Waals surface area contributed by atoms with E-state index in [-0.39, 0.29) is 0 Å². The predicted octanol–water partition coefficient (Wildman–Crippen LogP) is -7.28. The number of hydrogen-bond acceptors (Lipinski definition) is 15. The lowest BCUT2D eigenvalue weighted by atomic mass is 9.85. The molecule has 1 saturated carbocycles. The first-order chi connectivity index (χ1) is 10.5. The average Bonchev–Trinajstić information content (AvgIpc) is 2.32. The molecule has 3 N–H and O–H groups in total. The molecule has 0 spiro atoms. The van der Waals surface area contributed by atoms with Gasteiger partial charge < -0.3 is 71.9 Å². The molecule has 144 valence electrons. The van der Waals surface area contributed by atoms with Gasteiger partial charge in [-0.3, -0.25) is 0 Å². The number of phosphoric acid groups is 3. The highest BCUT2D eigenvalue weighted by Crippen LogP contribution is 2.43. The highest BCUT2D eigenvalue weighted by atomic mass is 31.2. The largest absolute Gasteiger partial charge is 0.790 e. The topological polar surface area (TPSA) is 278 Å². The van der Waals surface area contributed by atoms with E-state index in [4.69, 9.17) is 0 Å². The molecule has 0 radical (unpaired) electrons. The van der Waals surface area contributed by atoms with Crippen molar-refractivity contribution in [1.82, 2.24) is 0 Å². The molecule has 18 heteroatoms. The maximum atomic E-state index is 10.6. The lowest BCUT2D eigenvalue weighted by molar-refractivity contribution is -0.371. The summed E-state index contributed by atoms with van der Waals surface area (Å²) >= 11 is 0. The molecule has 0 amide bonds. The van der Waals surface area contributed by atoms with Crippen LogP contribution in [0.1, 0.15) is 0 Å². The third-order valence-corrected chi connectivity index (χ3v) is 4.28. The number of phosphoric ester groups is 3. The Morgan fingerprint density at radius 3 is 1.12 bits per heavy atom. The van der Waals surface area contributed by atoms with E-state index >= 15 is 0 Å². The molecule has 1 rings (SSSR count). The lowest BCUT2D eigenvalue weighted by Crippen LogP contribution is -2.66. The summed E-state index contributed by atoms with van der Waals surface area (Å²) in [4.78, 5) is 63.6. The van der Waals surface area contributed by atoms with Gasteiger partial charge in [-0.15, -0.1) is 0 Å². The second-order valence-corrected chi connectivity index (χ2v) is 7.84. The second kappa shape index (κ2) is 7.45. The monoisotopic (exact) mass is 414 g/mol. The van der Waals surface area contributed by atoms with E-state index in [1.807, 2.05) is 0 Å². The summed E-state index contributed by atoms with van der Waals surface area (Å²) in [7, 11) is -17.9. The fraction of sp³-hybridized carbons (Fsp3) is 1.00. The van der Waals surface area contributed by atoms with Crippen molar-refractivity contribution < 1.29 is 71.9 Å². The van der Waals surface area contributed by atoms with Crippen molar-refractivity contribution in [2.45, 2.75) is 36.6 Å². The van der Waals surface area contributed by atoms with E-state index < -0.39 is 60.1 Å². The van der Waals surface area contributed by atoms with Crippen LogP contribution >= 0.6 is 23.5 Å². The summed E-state index contributed by atoms with van der Waals surface area (Å²) in [6, 6.07) is 0. The van der Waals surface area contributed by atoms with Gasteiger partial charge in [0.25, 0.3) is 0 Å². The number of rotatable bonds is 6. The number of aliphatic hydroxyl groups excluding tert-OH is 3. The summed E-state index contributed by atoms with van der Waals surface area (Å²) in [6.07, 6.45) is -15.7. The summed E-state index contributed by atoms with van der Waals surface area (Å²) in [5.41, 5.74) is 0. The SMILES string of the molecule is O=P([O-])([O-])O[C@@H]1[C@H](O)[C@@H](O)[C@H](OP(=O)([O-])[O-])[C@@H](OP(=O)([O-])[O-])[C@@H]1O. The Morgan fingerprint density at radius 1 is 0.542 bits per heavy atom. The van der Waals surface area contributed by atoms with E-state index in [1.54, 1.807) is 0 Å². The Balaban J connectivity index is 3.23. The van der Waals surface area contributed by atoms with Gasteiger partial charge in [0.1, 0.15) is 36.6 Å². The van der Waals surface area contributed by atoms with E-state index in [1.165, 1.54) is 0 Å². The van der Waals surface area contributed by atoms with Gasteiger partial charge in [0.15, 0.2) is 0 Å². The van der Waals surface area contributed by atoms with Gasteiger partial charge in [0.05, 0.1) is 23.5 Å². The minimum absolute atomic E-state index is 2.54. The first kappa shape index (κ1) is 22.3. The maximum absolute atomic E-state index is 10.6. The van der Waals surface area contributed by atoms with Crippen LogP contribution in [0.25, 0.3) is 0 Å². The van der Waals surface area contributed by atoms with Crippen LogP contribution in [0, 0.1) is 0 Å². The Morgan fingerprint density at radius 2 is 0.792 bits per heavy atom. The molecule has 24 heavy (non-hydrogen) atoms. The minimum Gasteiger partial charge on any atom is -0.790 e. The average molecular weight is 414 g/mol. The summed E-state index contributed by atoms with van der Waals surface area (Å²) in [5.74, 6) is 0. The van der Waals surface area contributed by atoms with Gasteiger partial charge >= 0.3 is 0 Å². The van der Waals surface area contributed by atoms with E-state index in [0.717, 1.165) is 0 Å². The van der Waals surface area contributed by atoms with Gasteiger partial charge in [-0.2, -0.15) is 0 Å². The molecule has 0 aromatic rings. The van der Waals surface area contributed by atoms with Crippen LogP contribution in [0.4, 0.5) is 0 Å². The smallest absolute Gasteiger partial charge is 0.120 e.